The fraction of sp³-hybridized carbons (Fsp3) is 0.444. The second-order valence-electron chi connectivity index (χ2n) is 3.56. The molecule has 1 aromatic rings. The number of nitrogens with zero attached hydrogens (tertiary/aromatic N) is 3. The molecule has 1 aliphatic rings. The number of rotatable bonds is 2. The first-order valence-electron chi connectivity index (χ1n) is 4.83. The molecule has 0 saturated carbocycles. The average molecular weight is 208 g/mol. The monoisotopic (exact) mass is 208 g/mol. The maximum absolute atomic E-state index is 10.5. The van der Waals surface area contributed by atoms with Gasteiger partial charge in [-0.15, -0.1) is 0 Å². The highest BCUT2D eigenvalue weighted by Gasteiger charge is 2.18. The number of aromatic nitrogens is 1. The first kappa shape index (κ1) is 9.70. The largest absolute Gasteiger partial charge is 0.396 e. The molecular formula is C9H12N4O2. The van der Waals surface area contributed by atoms with Gasteiger partial charge in [-0.1, -0.05) is 0 Å². The van der Waals surface area contributed by atoms with Crippen LogP contribution in [0.1, 0.15) is 12.8 Å². The van der Waals surface area contributed by atoms with E-state index in [0.29, 0.717) is 11.5 Å². The summed E-state index contributed by atoms with van der Waals surface area (Å²) >= 11 is 0. The van der Waals surface area contributed by atoms with E-state index in [-0.39, 0.29) is 5.69 Å². The van der Waals surface area contributed by atoms with E-state index in [1.165, 1.54) is 12.3 Å². The van der Waals surface area contributed by atoms with Gasteiger partial charge in [0.2, 0.25) is 0 Å². The van der Waals surface area contributed by atoms with Crippen LogP contribution in [-0.4, -0.2) is 23.0 Å². The lowest BCUT2D eigenvalue weighted by Gasteiger charge is -2.17. The number of pyridine rings is 1. The Morgan fingerprint density at radius 2 is 2.13 bits per heavy atom. The van der Waals surface area contributed by atoms with Crippen molar-refractivity contribution in [2.45, 2.75) is 12.8 Å². The van der Waals surface area contributed by atoms with E-state index in [9.17, 15) is 10.1 Å². The molecule has 6 nitrogen and oxygen atoms in total. The fourth-order valence-electron chi connectivity index (χ4n) is 1.76. The van der Waals surface area contributed by atoms with Crippen molar-refractivity contribution in [3.63, 3.8) is 0 Å². The molecular weight excluding hydrogens is 196 g/mol. The normalized spacial score (nSPS) is 15.6. The Hall–Kier alpha value is -1.85. The summed E-state index contributed by atoms with van der Waals surface area (Å²) in [6, 6.07) is 1.36. The van der Waals surface area contributed by atoms with Crippen molar-refractivity contribution in [1.29, 1.82) is 0 Å². The van der Waals surface area contributed by atoms with Crippen molar-refractivity contribution in [1.82, 2.24) is 4.98 Å². The molecule has 15 heavy (non-hydrogen) atoms. The van der Waals surface area contributed by atoms with Crippen molar-refractivity contribution >= 4 is 17.2 Å². The zero-order chi connectivity index (χ0) is 10.8. The van der Waals surface area contributed by atoms with Gasteiger partial charge in [0.1, 0.15) is 6.20 Å². The molecule has 0 unspecified atom stereocenters. The van der Waals surface area contributed by atoms with E-state index in [1.807, 2.05) is 0 Å². The summed E-state index contributed by atoms with van der Waals surface area (Å²) in [5.41, 5.74) is 6.05. The van der Waals surface area contributed by atoms with E-state index in [1.54, 1.807) is 0 Å². The quantitative estimate of drug-likeness (QED) is 0.582. The lowest BCUT2D eigenvalue weighted by molar-refractivity contribution is -0.385. The van der Waals surface area contributed by atoms with Crippen LogP contribution in [0.3, 0.4) is 0 Å². The third-order valence-corrected chi connectivity index (χ3v) is 2.50. The highest BCUT2D eigenvalue weighted by Crippen LogP contribution is 2.26. The average Bonchev–Trinajstić information content (AvgIpc) is 2.70. The van der Waals surface area contributed by atoms with Crippen LogP contribution in [0.2, 0.25) is 0 Å². The van der Waals surface area contributed by atoms with E-state index >= 15 is 0 Å². The third-order valence-electron chi connectivity index (χ3n) is 2.50. The topological polar surface area (TPSA) is 85.3 Å². The minimum absolute atomic E-state index is 0.0598. The smallest absolute Gasteiger partial charge is 0.289 e. The van der Waals surface area contributed by atoms with Crippen LogP contribution in [-0.2, 0) is 0 Å². The molecule has 0 spiro atoms. The molecule has 0 aliphatic carbocycles. The minimum Gasteiger partial charge on any atom is -0.396 e. The van der Waals surface area contributed by atoms with Crippen LogP contribution >= 0.6 is 0 Å². The zero-order valence-electron chi connectivity index (χ0n) is 8.22. The Balaban J connectivity index is 2.29. The van der Waals surface area contributed by atoms with Crippen LogP contribution in [0.15, 0.2) is 12.3 Å². The minimum atomic E-state index is -0.489. The van der Waals surface area contributed by atoms with E-state index in [0.717, 1.165) is 25.9 Å². The van der Waals surface area contributed by atoms with Gasteiger partial charge < -0.3 is 10.6 Å². The van der Waals surface area contributed by atoms with Crippen LogP contribution in [0, 0.1) is 10.1 Å². The number of nitro groups is 1. The number of nitrogens with two attached hydrogens (primary N) is 1. The molecule has 0 bridgehead atoms. The van der Waals surface area contributed by atoms with Gasteiger partial charge in [-0.05, 0) is 12.8 Å². The predicted octanol–water partition coefficient (Wildman–Crippen LogP) is 1.17. The lowest BCUT2D eigenvalue weighted by Crippen LogP contribution is -2.20. The van der Waals surface area contributed by atoms with Gasteiger partial charge in [-0.3, -0.25) is 10.1 Å². The molecule has 0 aromatic carbocycles. The van der Waals surface area contributed by atoms with Crippen molar-refractivity contribution in [2.75, 3.05) is 23.7 Å². The number of hydrogen-bond acceptors (Lipinski definition) is 5. The molecule has 1 saturated heterocycles. The Morgan fingerprint density at radius 1 is 1.47 bits per heavy atom. The number of hydrogen-bond donors (Lipinski definition) is 1. The molecule has 0 radical (unpaired) electrons. The summed E-state index contributed by atoms with van der Waals surface area (Å²) in [4.78, 5) is 16.1. The molecule has 80 valence electrons. The van der Waals surface area contributed by atoms with E-state index in [4.69, 9.17) is 5.73 Å². The van der Waals surface area contributed by atoms with Crippen molar-refractivity contribution in [3.8, 4) is 0 Å². The van der Waals surface area contributed by atoms with Crippen LogP contribution in [0.25, 0.3) is 0 Å². The summed E-state index contributed by atoms with van der Waals surface area (Å²) in [7, 11) is 0. The summed E-state index contributed by atoms with van der Waals surface area (Å²) in [6.07, 6.45) is 3.50. The third kappa shape index (κ3) is 1.83. The van der Waals surface area contributed by atoms with Crippen molar-refractivity contribution in [3.05, 3.63) is 22.4 Å². The second-order valence-corrected chi connectivity index (χ2v) is 3.56. The second kappa shape index (κ2) is 3.72. The first-order chi connectivity index (χ1) is 7.18. The van der Waals surface area contributed by atoms with Gasteiger partial charge in [-0.2, -0.15) is 0 Å². The van der Waals surface area contributed by atoms with Crippen molar-refractivity contribution in [2.24, 2.45) is 0 Å². The highest BCUT2D eigenvalue weighted by molar-refractivity contribution is 5.65. The molecule has 1 fully saturated rings. The Morgan fingerprint density at radius 3 is 2.67 bits per heavy atom. The first-order valence-corrected chi connectivity index (χ1v) is 4.83. The number of anilines is 2. The zero-order valence-corrected chi connectivity index (χ0v) is 8.22. The molecule has 2 rings (SSSR count). The predicted molar refractivity (Wildman–Crippen MR) is 56.8 cm³/mol. The maximum Gasteiger partial charge on any atom is 0.289 e. The van der Waals surface area contributed by atoms with Gasteiger partial charge in [-0.25, -0.2) is 4.98 Å². The fourth-order valence-corrected chi connectivity index (χ4v) is 1.76. The summed E-state index contributed by atoms with van der Waals surface area (Å²) in [6.45, 7) is 1.85. The molecule has 1 aliphatic heterocycles. The van der Waals surface area contributed by atoms with Crippen molar-refractivity contribution < 1.29 is 4.92 Å². The molecule has 0 amide bonds. The van der Waals surface area contributed by atoms with Gasteiger partial charge in [0.15, 0.2) is 5.82 Å². The highest BCUT2D eigenvalue weighted by atomic mass is 16.6. The molecule has 1 aromatic heterocycles. The Labute approximate surface area is 86.9 Å². The van der Waals surface area contributed by atoms with Crippen LogP contribution in [0.4, 0.5) is 17.2 Å². The molecule has 6 heteroatoms. The van der Waals surface area contributed by atoms with Gasteiger partial charge >= 0.3 is 0 Å². The summed E-state index contributed by atoms with van der Waals surface area (Å²) in [5.74, 6) is 0.665. The van der Waals surface area contributed by atoms with E-state index < -0.39 is 4.92 Å². The maximum atomic E-state index is 10.5. The molecule has 0 atom stereocenters. The van der Waals surface area contributed by atoms with Crippen LogP contribution in [0.5, 0.6) is 0 Å². The Kier molecular flexibility index (Phi) is 2.40. The number of nitrogen functional groups attached to an aromatic ring is 1. The van der Waals surface area contributed by atoms with Gasteiger partial charge in [0, 0.05) is 19.2 Å². The molecule has 2 N–H and O–H groups in total. The molecule has 2 heterocycles. The summed E-state index contributed by atoms with van der Waals surface area (Å²) in [5, 5.41) is 10.5. The van der Waals surface area contributed by atoms with E-state index in [2.05, 4.69) is 9.88 Å². The Bertz CT molecular complexity index is 388. The lowest BCUT2D eigenvalue weighted by atomic mass is 10.3. The SMILES string of the molecule is Nc1cc([N+](=O)[O-])cnc1N1CCCC1. The standard InChI is InChI=1S/C9H12N4O2/c10-8-5-7(13(14)15)6-11-9(8)12-3-1-2-4-12/h5-6H,1-4,10H2. The summed E-state index contributed by atoms with van der Waals surface area (Å²) < 4.78 is 0. The van der Waals surface area contributed by atoms with Gasteiger partial charge in [0.25, 0.3) is 5.69 Å². The van der Waals surface area contributed by atoms with Crippen LogP contribution < -0.4 is 10.6 Å². The van der Waals surface area contributed by atoms with Gasteiger partial charge in [0.05, 0.1) is 10.6 Å².